The molecule has 1 aromatic heterocycles. The molecule has 0 fully saturated rings. The van der Waals surface area contributed by atoms with E-state index >= 15 is 0 Å². The lowest BCUT2D eigenvalue weighted by molar-refractivity contribution is -0.123. The third-order valence-corrected chi connectivity index (χ3v) is 4.69. The Labute approximate surface area is 179 Å². The molecule has 0 bridgehead atoms. The average molecular weight is 409 g/mol. The Kier molecular flexibility index (Phi) is 9.61. The lowest BCUT2D eigenvalue weighted by atomic mass is 9.90. The second-order valence-electron chi connectivity index (χ2n) is 7.49. The van der Waals surface area contributed by atoms with Gasteiger partial charge in [-0.3, -0.25) is 9.78 Å². The van der Waals surface area contributed by atoms with E-state index in [-0.39, 0.29) is 11.9 Å². The van der Waals surface area contributed by atoms with Crippen LogP contribution in [0, 0.1) is 0 Å². The standard InChI is InChI=1S/C25H32N2O3/c1-4-21(24(28)15-19-9-12-27-13-10-19)17-23(8-11-26)22-7-5-6-20(14-22)16-25(29)30-18(2)3/h4,6,8-10,12-14,17-18,25,29H,1,5,7,11,15-16,26H2,2-3H3/b21-17+,23-8-. The van der Waals surface area contributed by atoms with Crippen LogP contribution in [0.5, 0.6) is 0 Å². The molecule has 0 amide bonds. The summed E-state index contributed by atoms with van der Waals surface area (Å²) < 4.78 is 5.44. The van der Waals surface area contributed by atoms with Crippen LogP contribution in [0.1, 0.15) is 38.7 Å². The summed E-state index contributed by atoms with van der Waals surface area (Å²) >= 11 is 0. The molecule has 1 heterocycles. The Bertz CT molecular complexity index is 848. The number of aliphatic hydroxyl groups excluding tert-OH is 1. The van der Waals surface area contributed by atoms with E-state index in [1.165, 1.54) is 0 Å². The lowest BCUT2D eigenvalue weighted by Gasteiger charge is -2.19. The summed E-state index contributed by atoms with van der Waals surface area (Å²) in [5.41, 5.74) is 10.3. The van der Waals surface area contributed by atoms with Gasteiger partial charge < -0.3 is 15.6 Å². The van der Waals surface area contributed by atoms with Gasteiger partial charge in [-0.2, -0.15) is 0 Å². The van der Waals surface area contributed by atoms with Gasteiger partial charge in [0.15, 0.2) is 12.1 Å². The second kappa shape index (κ2) is 12.2. The molecule has 160 valence electrons. The van der Waals surface area contributed by atoms with E-state index in [9.17, 15) is 9.90 Å². The van der Waals surface area contributed by atoms with Gasteiger partial charge in [0.25, 0.3) is 0 Å². The third-order valence-electron chi connectivity index (χ3n) is 4.69. The minimum atomic E-state index is -0.838. The number of allylic oxidation sites excluding steroid dienone is 7. The summed E-state index contributed by atoms with van der Waals surface area (Å²) in [5.74, 6) is -0.00736. The quantitative estimate of drug-likeness (QED) is 0.329. The number of ketones is 1. The van der Waals surface area contributed by atoms with Crippen molar-refractivity contribution in [1.82, 2.24) is 4.98 Å². The van der Waals surface area contributed by atoms with Gasteiger partial charge in [0, 0.05) is 37.4 Å². The second-order valence-corrected chi connectivity index (χ2v) is 7.49. The molecule has 1 atom stereocenters. The topological polar surface area (TPSA) is 85.4 Å². The number of nitrogens with two attached hydrogens (primary N) is 1. The molecule has 3 N–H and O–H groups in total. The van der Waals surface area contributed by atoms with Gasteiger partial charge in [0.05, 0.1) is 6.10 Å². The zero-order valence-electron chi connectivity index (χ0n) is 17.9. The van der Waals surface area contributed by atoms with Crippen molar-refractivity contribution in [2.75, 3.05) is 6.54 Å². The molecular formula is C25H32N2O3. The smallest absolute Gasteiger partial charge is 0.167 e. The minimum Gasteiger partial charge on any atom is -0.368 e. The van der Waals surface area contributed by atoms with Crippen molar-refractivity contribution in [3.63, 3.8) is 0 Å². The fraction of sp³-hybridized carbons (Fsp3) is 0.360. The predicted molar refractivity (Wildman–Crippen MR) is 121 cm³/mol. The third kappa shape index (κ3) is 7.67. The van der Waals surface area contributed by atoms with Gasteiger partial charge >= 0.3 is 0 Å². The Hall–Kier alpha value is -2.60. The maximum absolute atomic E-state index is 12.8. The molecule has 0 saturated heterocycles. The highest BCUT2D eigenvalue weighted by atomic mass is 16.6. The largest absolute Gasteiger partial charge is 0.368 e. The van der Waals surface area contributed by atoms with Crippen molar-refractivity contribution in [3.8, 4) is 0 Å². The highest BCUT2D eigenvalue weighted by Gasteiger charge is 2.15. The number of ether oxygens (including phenoxy) is 1. The number of aromatic nitrogens is 1. The molecule has 1 aromatic rings. The zero-order chi connectivity index (χ0) is 21.9. The first-order chi connectivity index (χ1) is 14.4. The van der Waals surface area contributed by atoms with Crippen molar-refractivity contribution >= 4 is 5.78 Å². The Morgan fingerprint density at radius 3 is 2.73 bits per heavy atom. The van der Waals surface area contributed by atoms with Gasteiger partial charge in [0.2, 0.25) is 0 Å². The predicted octanol–water partition coefficient (Wildman–Crippen LogP) is 3.97. The number of pyridine rings is 1. The van der Waals surface area contributed by atoms with Crippen LogP contribution >= 0.6 is 0 Å². The number of nitrogens with zero attached hydrogens (tertiary/aromatic N) is 1. The fourth-order valence-electron chi connectivity index (χ4n) is 3.32. The van der Waals surface area contributed by atoms with Gasteiger partial charge in [-0.25, -0.2) is 0 Å². The van der Waals surface area contributed by atoms with Crippen molar-refractivity contribution in [3.05, 3.63) is 89.3 Å². The first-order valence-electron chi connectivity index (χ1n) is 10.3. The number of rotatable bonds is 11. The van der Waals surface area contributed by atoms with E-state index in [2.05, 4.69) is 23.7 Å². The molecule has 5 nitrogen and oxygen atoms in total. The lowest BCUT2D eigenvalue weighted by Crippen LogP contribution is -2.18. The van der Waals surface area contributed by atoms with Crippen LogP contribution in [0.15, 0.2) is 83.8 Å². The number of hydrogen-bond acceptors (Lipinski definition) is 5. The first-order valence-corrected chi connectivity index (χ1v) is 10.3. The van der Waals surface area contributed by atoms with Gasteiger partial charge in [-0.1, -0.05) is 30.9 Å². The Morgan fingerprint density at radius 1 is 1.37 bits per heavy atom. The minimum absolute atomic E-state index is 0.00736. The Balaban J connectivity index is 2.20. The van der Waals surface area contributed by atoms with Crippen LogP contribution < -0.4 is 5.73 Å². The van der Waals surface area contributed by atoms with E-state index in [0.717, 1.165) is 35.1 Å². The number of carbonyl (C=O) groups excluding carboxylic acids is 1. The fourth-order valence-corrected chi connectivity index (χ4v) is 3.32. The molecule has 0 aliphatic heterocycles. The molecule has 0 aromatic carbocycles. The molecule has 1 aliphatic carbocycles. The molecule has 0 radical (unpaired) electrons. The van der Waals surface area contributed by atoms with E-state index in [0.29, 0.717) is 25.0 Å². The van der Waals surface area contributed by atoms with Crippen LogP contribution in [0.4, 0.5) is 0 Å². The van der Waals surface area contributed by atoms with Crippen molar-refractivity contribution < 1.29 is 14.6 Å². The average Bonchev–Trinajstić information content (AvgIpc) is 2.71. The van der Waals surface area contributed by atoms with E-state index < -0.39 is 6.29 Å². The van der Waals surface area contributed by atoms with Crippen LogP contribution in [0.2, 0.25) is 0 Å². The number of Topliss-reactive ketones (excluding diaryl/α,β-unsaturated/α-hetero) is 1. The Morgan fingerprint density at radius 2 is 2.10 bits per heavy atom. The first kappa shape index (κ1) is 23.7. The number of carbonyl (C=O) groups is 1. The summed E-state index contributed by atoms with van der Waals surface area (Å²) in [6.45, 7) is 7.98. The van der Waals surface area contributed by atoms with E-state index in [1.807, 2.05) is 38.1 Å². The summed E-state index contributed by atoms with van der Waals surface area (Å²) in [7, 11) is 0. The van der Waals surface area contributed by atoms with Gasteiger partial charge in [-0.15, -0.1) is 0 Å². The summed E-state index contributed by atoms with van der Waals surface area (Å²) in [5, 5.41) is 10.1. The molecule has 0 saturated carbocycles. The van der Waals surface area contributed by atoms with E-state index in [4.69, 9.17) is 10.5 Å². The molecule has 1 aliphatic rings. The van der Waals surface area contributed by atoms with E-state index in [1.54, 1.807) is 18.5 Å². The highest BCUT2D eigenvalue weighted by Crippen LogP contribution is 2.28. The van der Waals surface area contributed by atoms with Crippen LogP contribution in [0.25, 0.3) is 0 Å². The molecule has 0 spiro atoms. The monoisotopic (exact) mass is 408 g/mol. The van der Waals surface area contributed by atoms with Crippen molar-refractivity contribution in [2.45, 2.75) is 51.9 Å². The summed E-state index contributed by atoms with van der Waals surface area (Å²) in [6.07, 6.45) is 14.4. The van der Waals surface area contributed by atoms with Crippen LogP contribution in [-0.4, -0.2) is 34.8 Å². The highest BCUT2D eigenvalue weighted by molar-refractivity contribution is 5.99. The summed E-state index contributed by atoms with van der Waals surface area (Å²) in [4.78, 5) is 16.8. The van der Waals surface area contributed by atoms with Crippen LogP contribution in [0.3, 0.4) is 0 Å². The maximum atomic E-state index is 12.8. The normalized spacial score (nSPS) is 16.2. The van der Waals surface area contributed by atoms with Gasteiger partial charge in [-0.05, 0) is 67.2 Å². The van der Waals surface area contributed by atoms with Gasteiger partial charge in [0.1, 0.15) is 0 Å². The molecule has 2 rings (SSSR count). The molecular weight excluding hydrogens is 376 g/mol. The maximum Gasteiger partial charge on any atom is 0.167 e. The van der Waals surface area contributed by atoms with Crippen molar-refractivity contribution in [1.29, 1.82) is 0 Å². The summed E-state index contributed by atoms with van der Waals surface area (Å²) in [6, 6.07) is 3.67. The molecule has 1 unspecified atom stereocenters. The van der Waals surface area contributed by atoms with Crippen molar-refractivity contribution in [2.24, 2.45) is 5.73 Å². The number of aliphatic hydroxyl groups is 1. The SMILES string of the molecule is C=C/C(=C\C(=C\CN)C1=CC(CC(O)OC(C)C)=CCC1)C(=O)Cc1ccncc1. The number of hydrogen-bond donors (Lipinski definition) is 2. The molecule has 30 heavy (non-hydrogen) atoms. The zero-order valence-corrected chi connectivity index (χ0v) is 17.9. The molecule has 5 heteroatoms. The van der Waals surface area contributed by atoms with Crippen LogP contribution in [-0.2, 0) is 16.0 Å².